The van der Waals surface area contributed by atoms with Crippen LogP contribution in [0, 0.1) is 0 Å². The first-order valence-corrected chi connectivity index (χ1v) is 6.07. The second-order valence-electron chi connectivity index (χ2n) is 5.33. The molecule has 1 saturated heterocycles. The van der Waals surface area contributed by atoms with Crippen LogP contribution in [0.4, 0.5) is 0 Å². The van der Waals surface area contributed by atoms with Crippen LogP contribution in [0.25, 0.3) is 0 Å². The Morgan fingerprint density at radius 2 is 2.25 bits per heavy atom. The van der Waals surface area contributed by atoms with Gasteiger partial charge in [0.05, 0.1) is 5.69 Å². The van der Waals surface area contributed by atoms with Crippen LogP contribution in [0.5, 0.6) is 0 Å². The normalized spacial score (nSPS) is 35.8. The Morgan fingerprint density at radius 1 is 1.50 bits per heavy atom. The number of nitrogens with zero attached hydrogens (tertiary/aromatic N) is 3. The first kappa shape index (κ1) is 10.3. The number of β-amino-alcohol motifs (C(OH)–C–C–N with tert-alkyl or cyclic N) is 1. The van der Waals surface area contributed by atoms with E-state index in [1.54, 1.807) is 10.9 Å². The van der Waals surface area contributed by atoms with Crippen LogP contribution in [0.1, 0.15) is 31.9 Å². The SMILES string of the molecule is CC1CC(O)(c2ccnn2C)CN1C1CC1. The molecule has 0 spiro atoms. The maximum atomic E-state index is 10.7. The minimum atomic E-state index is -0.701. The van der Waals surface area contributed by atoms with E-state index in [1.807, 2.05) is 13.1 Å². The van der Waals surface area contributed by atoms with Gasteiger partial charge in [-0.25, -0.2) is 0 Å². The van der Waals surface area contributed by atoms with E-state index < -0.39 is 5.60 Å². The van der Waals surface area contributed by atoms with Gasteiger partial charge in [0.15, 0.2) is 0 Å². The van der Waals surface area contributed by atoms with E-state index in [2.05, 4.69) is 16.9 Å². The van der Waals surface area contributed by atoms with Crippen molar-refractivity contribution in [1.29, 1.82) is 0 Å². The predicted molar refractivity (Wildman–Crippen MR) is 60.9 cm³/mol. The number of rotatable bonds is 2. The van der Waals surface area contributed by atoms with Gasteiger partial charge in [-0.3, -0.25) is 9.58 Å². The molecule has 2 unspecified atom stereocenters. The molecule has 1 aliphatic heterocycles. The zero-order valence-electron chi connectivity index (χ0n) is 9.93. The molecule has 0 aromatic carbocycles. The molecule has 2 heterocycles. The molecule has 4 heteroatoms. The summed E-state index contributed by atoms with van der Waals surface area (Å²) in [4.78, 5) is 2.45. The number of aryl methyl sites for hydroxylation is 1. The minimum absolute atomic E-state index is 0.479. The van der Waals surface area contributed by atoms with Crippen molar-refractivity contribution < 1.29 is 5.11 Å². The Kier molecular flexibility index (Phi) is 2.13. The second kappa shape index (κ2) is 3.31. The summed E-state index contributed by atoms with van der Waals surface area (Å²) in [5.74, 6) is 0. The summed E-state index contributed by atoms with van der Waals surface area (Å²) in [5.41, 5.74) is 0.246. The standard InChI is InChI=1S/C12H19N3O/c1-9-7-12(16,8-15(9)10-3-4-10)11-5-6-13-14(11)2/h5-6,9-10,16H,3-4,7-8H2,1-2H3. The quantitative estimate of drug-likeness (QED) is 0.805. The topological polar surface area (TPSA) is 41.3 Å². The van der Waals surface area contributed by atoms with E-state index in [-0.39, 0.29) is 0 Å². The van der Waals surface area contributed by atoms with Gasteiger partial charge in [0.25, 0.3) is 0 Å². The molecule has 88 valence electrons. The van der Waals surface area contributed by atoms with Crippen molar-refractivity contribution in [3.8, 4) is 0 Å². The van der Waals surface area contributed by atoms with Gasteiger partial charge < -0.3 is 5.11 Å². The van der Waals surface area contributed by atoms with Gasteiger partial charge >= 0.3 is 0 Å². The molecule has 3 rings (SSSR count). The molecular formula is C12H19N3O. The molecule has 1 saturated carbocycles. The Labute approximate surface area is 95.9 Å². The molecule has 2 aliphatic rings. The number of hydrogen-bond donors (Lipinski definition) is 1. The Hall–Kier alpha value is -0.870. The lowest BCUT2D eigenvalue weighted by atomic mass is 9.97. The molecule has 1 aromatic heterocycles. The van der Waals surface area contributed by atoms with Crippen LogP contribution in [0.2, 0.25) is 0 Å². The fourth-order valence-electron chi connectivity index (χ4n) is 3.04. The van der Waals surface area contributed by atoms with Gasteiger partial charge in [0.1, 0.15) is 5.60 Å². The van der Waals surface area contributed by atoms with Gasteiger partial charge in [0.2, 0.25) is 0 Å². The smallest absolute Gasteiger partial charge is 0.120 e. The summed E-state index contributed by atoms with van der Waals surface area (Å²) in [5, 5.41) is 14.9. The van der Waals surface area contributed by atoms with Crippen LogP contribution in [-0.4, -0.2) is 38.4 Å². The molecule has 4 nitrogen and oxygen atoms in total. The number of likely N-dealkylation sites (tertiary alicyclic amines) is 1. The zero-order chi connectivity index (χ0) is 11.3. The van der Waals surface area contributed by atoms with Crippen LogP contribution >= 0.6 is 0 Å². The Morgan fingerprint density at radius 3 is 2.81 bits per heavy atom. The highest BCUT2D eigenvalue weighted by Gasteiger charge is 2.47. The Balaban J connectivity index is 1.87. The average molecular weight is 221 g/mol. The molecule has 0 radical (unpaired) electrons. The lowest BCUT2D eigenvalue weighted by Crippen LogP contribution is -2.34. The third-order valence-electron chi connectivity index (χ3n) is 3.96. The van der Waals surface area contributed by atoms with Crippen molar-refractivity contribution in [3.63, 3.8) is 0 Å². The van der Waals surface area contributed by atoms with Crippen molar-refractivity contribution in [2.75, 3.05) is 6.54 Å². The van der Waals surface area contributed by atoms with Crippen LogP contribution < -0.4 is 0 Å². The largest absolute Gasteiger partial charge is 0.382 e. The summed E-state index contributed by atoms with van der Waals surface area (Å²) >= 11 is 0. The van der Waals surface area contributed by atoms with E-state index in [9.17, 15) is 5.11 Å². The first-order chi connectivity index (χ1) is 7.60. The fourth-order valence-corrected chi connectivity index (χ4v) is 3.04. The maximum absolute atomic E-state index is 10.7. The molecule has 0 amide bonds. The highest BCUT2D eigenvalue weighted by Crippen LogP contribution is 2.41. The van der Waals surface area contributed by atoms with Crippen LogP contribution in [-0.2, 0) is 12.6 Å². The first-order valence-electron chi connectivity index (χ1n) is 6.07. The maximum Gasteiger partial charge on any atom is 0.120 e. The van der Waals surface area contributed by atoms with Gasteiger partial charge in [-0.15, -0.1) is 0 Å². The second-order valence-corrected chi connectivity index (χ2v) is 5.33. The third-order valence-corrected chi connectivity index (χ3v) is 3.96. The predicted octanol–water partition coefficient (Wildman–Crippen LogP) is 0.864. The summed E-state index contributed by atoms with van der Waals surface area (Å²) in [7, 11) is 1.90. The van der Waals surface area contributed by atoms with E-state index in [0.717, 1.165) is 24.7 Å². The summed E-state index contributed by atoms with van der Waals surface area (Å²) in [6.07, 6.45) is 5.18. The van der Waals surface area contributed by atoms with Crippen molar-refractivity contribution >= 4 is 0 Å². The van der Waals surface area contributed by atoms with E-state index in [1.165, 1.54) is 12.8 Å². The van der Waals surface area contributed by atoms with E-state index in [0.29, 0.717) is 6.04 Å². The third kappa shape index (κ3) is 1.48. The van der Waals surface area contributed by atoms with E-state index >= 15 is 0 Å². The molecule has 1 aromatic rings. The molecule has 1 N–H and O–H groups in total. The monoisotopic (exact) mass is 221 g/mol. The lowest BCUT2D eigenvalue weighted by Gasteiger charge is -2.23. The van der Waals surface area contributed by atoms with Crippen molar-refractivity contribution in [1.82, 2.24) is 14.7 Å². The highest BCUT2D eigenvalue weighted by molar-refractivity contribution is 5.17. The summed E-state index contributed by atoms with van der Waals surface area (Å²) in [6.45, 7) is 2.98. The molecule has 2 atom stereocenters. The van der Waals surface area contributed by atoms with Gasteiger partial charge in [0, 0.05) is 31.9 Å². The van der Waals surface area contributed by atoms with Crippen molar-refractivity contribution in [2.24, 2.45) is 7.05 Å². The molecule has 16 heavy (non-hydrogen) atoms. The molecule has 0 bridgehead atoms. The minimum Gasteiger partial charge on any atom is -0.382 e. The van der Waals surface area contributed by atoms with Crippen molar-refractivity contribution in [2.45, 2.75) is 43.9 Å². The highest BCUT2D eigenvalue weighted by atomic mass is 16.3. The average Bonchev–Trinajstić information content (AvgIpc) is 2.89. The Bertz CT molecular complexity index is 399. The molecule has 1 aliphatic carbocycles. The zero-order valence-corrected chi connectivity index (χ0v) is 9.93. The summed E-state index contributed by atoms with van der Waals surface area (Å²) in [6, 6.07) is 3.13. The molecular weight excluding hydrogens is 202 g/mol. The fraction of sp³-hybridized carbons (Fsp3) is 0.750. The van der Waals surface area contributed by atoms with Gasteiger partial charge in [-0.05, 0) is 32.3 Å². The number of aliphatic hydroxyl groups is 1. The van der Waals surface area contributed by atoms with Crippen molar-refractivity contribution in [3.05, 3.63) is 18.0 Å². The molecule has 2 fully saturated rings. The van der Waals surface area contributed by atoms with E-state index in [4.69, 9.17) is 0 Å². The van der Waals surface area contributed by atoms with Crippen LogP contribution in [0.3, 0.4) is 0 Å². The lowest BCUT2D eigenvalue weighted by molar-refractivity contribution is 0.0370. The van der Waals surface area contributed by atoms with Crippen LogP contribution in [0.15, 0.2) is 12.3 Å². The summed E-state index contributed by atoms with van der Waals surface area (Å²) < 4.78 is 1.79. The number of hydrogen-bond acceptors (Lipinski definition) is 3. The number of aromatic nitrogens is 2. The van der Waals surface area contributed by atoms with Gasteiger partial charge in [-0.1, -0.05) is 0 Å². The van der Waals surface area contributed by atoms with Gasteiger partial charge in [-0.2, -0.15) is 5.10 Å².